The number of benzene rings is 1. The highest BCUT2D eigenvalue weighted by Crippen LogP contribution is 2.36. The second-order valence-corrected chi connectivity index (χ2v) is 7.53. The summed E-state index contributed by atoms with van der Waals surface area (Å²) in [5.41, 5.74) is 0.0942. The van der Waals surface area contributed by atoms with Crippen LogP contribution in [0.25, 0.3) is 0 Å². The normalized spacial score (nSPS) is 19.6. The highest BCUT2D eigenvalue weighted by atomic mass is 35.5. The van der Waals surface area contributed by atoms with Crippen molar-refractivity contribution in [1.29, 1.82) is 0 Å². The number of hydrogen-bond donors (Lipinski definition) is 1. The Bertz CT molecular complexity index is 769. The fourth-order valence-electron chi connectivity index (χ4n) is 3.18. The molecule has 0 radical (unpaired) electrons. The number of nitrogens with two attached hydrogens (primary N) is 1. The smallest absolute Gasteiger partial charge is 0.263 e. The van der Waals surface area contributed by atoms with Crippen molar-refractivity contribution in [1.82, 2.24) is 4.90 Å². The van der Waals surface area contributed by atoms with Gasteiger partial charge in [-0.25, -0.2) is 13.6 Å². The van der Waals surface area contributed by atoms with E-state index in [2.05, 4.69) is 0 Å². The molecule has 1 heterocycles. The minimum atomic E-state index is -4.05. The zero-order valence-electron chi connectivity index (χ0n) is 11.7. The van der Waals surface area contributed by atoms with Gasteiger partial charge in [-0.3, -0.25) is 14.5 Å². The molecule has 6 nitrogen and oxygen atoms in total. The van der Waals surface area contributed by atoms with Crippen LogP contribution in [0.1, 0.15) is 52.8 Å². The first-order chi connectivity index (χ1) is 10.3. The monoisotopic (exact) mass is 342 g/mol. The van der Waals surface area contributed by atoms with Gasteiger partial charge in [-0.2, -0.15) is 0 Å². The van der Waals surface area contributed by atoms with Gasteiger partial charge in [0.1, 0.15) is 4.90 Å². The third kappa shape index (κ3) is 2.33. The van der Waals surface area contributed by atoms with E-state index in [4.69, 9.17) is 16.7 Å². The van der Waals surface area contributed by atoms with Gasteiger partial charge in [0.2, 0.25) is 10.0 Å². The minimum absolute atomic E-state index is 0.0521. The van der Waals surface area contributed by atoms with E-state index in [9.17, 15) is 18.0 Å². The van der Waals surface area contributed by atoms with E-state index in [1.165, 1.54) is 17.0 Å². The molecule has 22 heavy (non-hydrogen) atoms. The Morgan fingerprint density at radius 2 is 1.73 bits per heavy atom. The van der Waals surface area contributed by atoms with Gasteiger partial charge < -0.3 is 0 Å². The number of amides is 2. The molecule has 8 heteroatoms. The fraction of sp³-hybridized carbons (Fsp3) is 0.429. The summed E-state index contributed by atoms with van der Waals surface area (Å²) in [6.07, 6.45) is 4.56. The number of carbonyl (C=O) groups excluding carboxylic acids is 2. The van der Waals surface area contributed by atoms with E-state index >= 15 is 0 Å². The van der Waals surface area contributed by atoms with E-state index in [0.717, 1.165) is 32.1 Å². The third-order valence-corrected chi connectivity index (χ3v) is 5.69. The van der Waals surface area contributed by atoms with Gasteiger partial charge in [-0.1, -0.05) is 30.9 Å². The Hall–Kier alpha value is -1.44. The van der Waals surface area contributed by atoms with E-state index in [1.807, 2.05) is 0 Å². The zero-order chi connectivity index (χ0) is 16.1. The Morgan fingerprint density at radius 3 is 2.32 bits per heavy atom. The van der Waals surface area contributed by atoms with Gasteiger partial charge in [0.25, 0.3) is 11.8 Å². The van der Waals surface area contributed by atoms with E-state index in [-0.39, 0.29) is 27.1 Å². The number of fused-ring (bicyclic) bond motifs is 1. The summed E-state index contributed by atoms with van der Waals surface area (Å²) < 4.78 is 23.0. The summed E-state index contributed by atoms with van der Waals surface area (Å²) in [7, 11) is -4.05. The first kappa shape index (κ1) is 15.5. The lowest BCUT2D eigenvalue weighted by Gasteiger charge is -2.29. The van der Waals surface area contributed by atoms with Crippen LogP contribution in [0.2, 0.25) is 5.02 Å². The maximum Gasteiger partial charge on any atom is 0.263 e. The number of imide groups is 1. The quantitative estimate of drug-likeness (QED) is 0.830. The molecule has 0 atom stereocenters. The minimum Gasteiger partial charge on any atom is -0.271 e. The van der Waals surface area contributed by atoms with Crippen molar-refractivity contribution in [3.05, 3.63) is 28.3 Å². The van der Waals surface area contributed by atoms with Crippen molar-refractivity contribution in [3.8, 4) is 0 Å². The Balaban J connectivity index is 2.08. The summed E-state index contributed by atoms with van der Waals surface area (Å²) in [6.45, 7) is 0. The Labute approximate surface area is 133 Å². The maximum absolute atomic E-state index is 12.6. The number of primary sulfonamides is 1. The molecule has 1 aromatic carbocycles. The highest BCUT2D eigenvalue weighted by molar-refractivity contribution is 7.89. The molecular formula is C14H15ClN2O4S. The highest BCUT2D eigenvalue weighted by Gasteiger charge is 2.42. The van der Waals surface area contributed by atoms with E-state index in [1.54, 1.807) is 0 Å². The van der Waals surface area contributed by atoms with Crippen LogP contribution in [0.3, 0.4) is 0 Å². The molecular weight excluding hydrogens is 328 g/mol. The number of hydrogen-bond acceptors (Lipinski definition) is 4. The first-order valence-electron chi connectivity index (χ1n) is 7.05. The van der Waals surface area contributed by atoms with Gasteiger partial charge in [-0.15, -0.1) is 0 Å². The van der Waals surface area contributed by atoms with Crippen molar-refractivity contribution in [2.24, 2.45) is 5.14 Å². The largest absolute Gasteiger partial charge is 0.271 e. The molecule has 1 saturated carbocycles. The molecule has 1 aromatic rings. The standard InChI is InChI=1S/C14H15ClN2O4S/c15-12-10(22(16,20)21)7-6-9-11(12)14(19)17(13(9)18)8-4-2-1-3-5-8/h6-8H,1-5H2,(H2,16,20,21). The first-order valence-corrected chi connectivity index (χ1v) is 8.98. The average molecular weight is 343 g/mol. The lowest BCUT2D eigenvalue weighted by atomic mass is 9.94. The van der Waals surface area contributed by atoms with Crippen molar-refractivity contribution in [2.45, 2.75) is 43.0 Å². The summed E-state index contributed by atoms with van der Waals surface area (Å²) in [6, 6.07) is 2.34. The van der Waals surface area contributed by atoms with Gasteiger partial charge in [0, 0.05) is 6.04 Å². The topological polar surface area (TPSA) is 97.5 Å². The fourth-order valence-corrected chi connectivity index (χ4v) is 4.36. The van der Waals surface area contributed by atoms with E-state index in [0.29, 0.717) is 0 Å². The molecule has 2 amide bonds. The molecule has 0 spiro atoms. The predicted octanol–water partition coefficient (Wildman–Crippen LogP) is 1.92. The Morgan fingerprint density at radius 1 is 1.09 bits per heavy atom. The summed E-state index contributed by atoms with van der Waals surface area (Å²) in [5.74, 6) is -0.933. The molecule has 2 N–H and O–H groups in total. The lowest BCUT2D eigenvalue weighted by molar-refractivity contribution is 0.0549. The number of halogens is 1. The number of nitrogens with zero attached hydrogens (tertiary/aromatic N) is 1. The molecule has 0 unspecified atom stereocenters. The van der Waals surface area contributed by atoms with Crippen molar-refractivity contribution in [3.63, 3.8) is 0 Å². The van der Waals surface area contributed by atoms with Crippen LogP contribution in [-0.2, 0) is 10.0 Å². The maximum atomic E-state index is 12.6. The SMILES string of the molecule is NS(=O)(=O)c1ccc2c(c1Cl)C(=O)N(C1CCCCC1)C2=O. The van der Waals surface area contributed by atoms with Crippen LogP contribution in [-0.4, -0.2) is 31.2 Å². The van der Waals surface area contributed by atoms with Crippen molar-refractivity contribution >= 4 is 33.4 Å². The molecule has 118 valence electrons. The zero-order valence-corrected chi connectivity index (χ0v) is 13.3. The summed E-state index contributed by atoms with van der Waals surface area (Å²) in [5, 5.41) is 4.82. The third-order valence-electron chi connectivity index (χ3n) is 4.23. The van der Waals surface area contributed by atoms with Crippen molar-refractivity contribution < 1.29 is 18.0 Å². The molecule has 0 saturated heterocycles. The molecule has 1 aliphatic heterocycles. The lowest BCUT2D eigenvalue weighted by Crippen LogP contribution is -2.40. The van der Waals surface area contributed by atoms with Crippen LogP contribution in [0.15, 0.2) is 17.0 Å². The van der Waals surface area contributed by atoms with Gasteiger partial charge >= 0.3 is 0 Å². The van der Waals surface area contributed by atoms with Crippen LogP contribution < -0.4 is 5.14 Å². The van der Waals surface area contributed by atoms with Gasteiger partial charge in [0.15, 0.2) is 0 Å². The molecule has 1 aliphatic carbocycles. The molecule has 1 fully saturated rings. The number of carbonyl (C=O) groups is 2. The second kappa shape index (κ2) is 5.33. The number of rotatable bonds is 2. The molecule has 0 aromatic heterocycles. The molecule has 3 rings (SSSR count). The number of sulfonamides is 1. The molecule has 0 bridgehead atoms. The van der Waals surface area contributed by atoms with Crippen LogP contribution in [0.4, 0.5) is 0 Å². The van der Waals surface area contributed by atoms with Crippen molar-refractivity contribution in [2.75, 3.05) is 0 Å². The Kier molecular flexibility index (Phi) is 3.74. The van der Waals surface area contributed by atoms with E-state index < -0.39 is 21.8 Å². The summed E-state index contributed by atoms with van der Waals surface area (Å²) in [4.78, 5) is 26.0. The molecule has 2 aliphatic rings. The van der Waals surface area contributed by atoms with Crippen LogP contribution in [0, 0.1) is 0 Å². The summed E-state index contributed by atoms with van der Waals surface area (Å²) >= 11 is 6.04. The van der Waals surface area contributed by atoms with Crippen LogP contribution in [0.5, 0.6) is 0 Å². The second-order valence-electron chi connectivity index (χ2n) is 5.62. The average Bonchev–Trinajstić information content (AvgIpc) is 2.71. The van der Waals surface area contributed by atoms with Crippen LogP contribution >= 0.6 is 11.6 Å². The van der Waals surface area contributed by atoms with Gasteiger partial charge in [-0.05, 0) is 25.0 Å². The predicted molar refractivity (Wildman–Crippen MR) is 80.2 cm³/mol. The van der Waals surface area contributed by atoms with Gasteiger partial charge in [0.05, 0.1) is 16.1 Å².